The molecule has 5 nitrogen and oxygen atoms in total. The minimum absolute atomic E-state index is 0.216. The van der Waals surface area contributed by atoms with Gasteiger partial charge in [-0.3, -0.25) is 4.79 Å². The van der Waals surface area contributed by atoms with E-state index >= 15 is 0 Å². The average Bonchev–Trinajstić information content (AvgIpc) is 3.29. The van der Waals surface area contributed by atoms with Crippen LogP contribution in [0.25, 0.3) is 0 Å². The van der Waals surface area contributed by atoms with Gasteiger partial charge < -0.3 is 4.90 Å². The molecule has 3 heterocycles. The second kappa shape index (κ2) is 6.80. The molecule has 0 N–H and O–H groups in total. The van der Waals surface area contributed by atoms with Crippen molar-refractivity contribution in [1.29, 1.82) is 0 Å². The molecule has 0 radical (unpaired) electrons. The highest BCUT2D eigenvalue weighted by atomic mass is 32.1. The minimum Gasteiger partial charge on any atom is -0.338 e. The first-order valence-corrected chi connectivity index (χ1v) is 10.5. The van der Waals surface area contributed by atoms with Crippen molar-refractivity contribution in [2.75, 3.05) is 13.1 Å². The minimum atomic E-state index is 0.216. The molecule has 26 heavy (non-hydrogen) atoms. The van der Waals surface area contributed by atoms with E-state index in [1.165, 1.54) is 16.9 Å². The molecule has 0 saturated carbocycles. The van der Waals surface area contributed by atoms with E-state index in [1.54, 1.807) is 24.0 Å². The zero-order chi connectivity index (χ0) is 18.3. The predicted molar refractivity (Wildman–Crippen MR) is 103 cm³/mol. The Balaban J connectivity index is 1.41. The molecule has 4 rings (SSSR count). The van der Waals surface area contributed by atoms with Gasteiger partial charge in [-0.1, -0.05) is 20.8 Å². The van der Waals surface area contributed by atoms with Gasteiger partial charge in [0.1, 0.15) is 12.7 Å². The molecular formula is C20H28N4OS. The summed E-state index contributed by atoms with van der Waals surface area (Å²) in [5.41, 5.74) is 1.76. The highest BCUT2D eigenvalue weighted by Gasteiger charge is 2.32. The molecule has 1 aliphatic carbocycles. The number of aromatic nitrogens is 3. The fourth-order valence-corrected chi connectivity index (χ4v) is 5.44. The molecule has 1 amide bonds. The summed E-state index contributed by atoms with van der Waals surface area (Å²) in [5.74, 6) is 0.930. The molecule has 1 fully saturated rings. The van der Waals surface area contributed by atoms with E-state index in [1.807, 2.05) is 9.58 Å². The van der Waals surface area contributed by atoms with Crippen molar-refractivity contribution in [3.05, 3.63) is 34.0 Å². The number of likely N-dealkylation sites (tertiary alicyclic amines) is 1. The Kier molecular flexibility index (Phi) is 4.63. The van der Waals surface area contributed by atoms with Gasteiger partial charge in [-0.15, -0.1) is 11.3 Å². The number of carbonyl (C=O) groups is 1. The van der Waals surface area contributed by atoms with E-state index in [4.69, 9.17) is 0 Å². The van der Waals surface area contributed by atoms with E-state index < -0.39 is 0 Å². The number of thiophene rings is 1. The number of hydrogen-bond donors (Lipinski definition) is 0. The van der Waals surface area contributed by atoms with Crippen LogP contribution in [0.3, 0.4) is 0 Å². The number of rotatable bonds is 2. The molecule has 0 bridgehead atoms. The summed E-state index contributed by atoms with van der Waals surface area (Å²) in [7, 11) is 0. The van der Waals surface area contributed by atoms with Crippen molar-refractivity contribution in [2.24, 2.45) is 11.3 Å². The van der Waals surface area contributed by atoms with E-state index in [0.717, 1.165) is 43.6 Å². The third kappa shape index (κ3) is 3.43. The smallest absolute Gasteiger partial charge is 0.263 e. The zero-order valence-corrected chi connectivity index (χ0v) is 16.8. The van der Waals surface area contributed by atoms with Crippen LogP contribution in [0.15, 0.2) is 18.7 Å². The summed E-state index contributed by atoms with van der Waals surface area (Å²) < 4.78 is 1.93. The number of fused-ring (bicyclic) bond motifs is 1. The second-order valence-electron chi connectivity index (χ2n) is 8.76. The lowest BCUT2D eigenvalue weighted by Gasteiger charge is -2.33. The Morgan fingerprint density at radius 3 is 2.65 bits per heavy atom. The summed E-state index contributed by atoms with van der Waals surface area (Å²) in [6.07, 6.45) is 8.76. The van der Waals surface area contributed by atoms with E-state index in [9.17, 15) is 4.79 Å². The standard InChI is InChI=1S/C20H28N4OS/c1-20(2,3)15-4-5-17-14(10-15)11-18(26-17)19(25)23-8-6-16(7-9-23)24-13-21-12-22-24/h11-13,15-16H,4-10H2,1-3H3. The fraction of sp³-hybridized carbons (Fsp3) is 0.650. The van der Waals surface area contributed by atoms with Crippen LogP contribution in [-0.4, -0.2) is 38.7 Å². The number of piperidine rings is 1. The number of carbonyl (C=O) groups excluding carboxylic acids is 1. The molecule has 0 spiro atoms. The van der Waals surface area contributed by atoms with Crippen LogP contribution in [0.4, 0.5) is 0 Å². The van der Waals surface area contributed by atoms with Crippen LogP contribution >= 0.6 is 11.3 Å². The topological polar surface area (TPSA) is 51.0 Å². The van der Waals surface area contributed by atoms with Crippen LogP contribution in [0, 0.1) is 11.3 Å². The molecule has 1 unspecified atom stereocenters. The van der Waals surface area contributed by atoms with Crippen molar-refractivity contribution in [3.8, 4) is 0 Å². The van der Waals surface area contributed by atoms with Crippen LogP contribution in [0.2, 0.25) is 0 Å². The monoisotopic (exact) mass is 372 g/mol. The molecule has 2 aliphatic rings. The van der Waals surface area contributed by atoms with Crippen molar-refractivity contribution in [1.82, 2.24) is 19.7 Å². The Hall–Kier alpha value is -1.69. The van der Waals surface area contributed by atoms with Gasteiger partial charge >= 0.3 is 0 Å². The van der Waals surface area contributed by atoms with Crippen molar-refractivity contribution < 1.29 is 4.79 Å². The number of amides is 1. The number of hydrogen-bond acceptors (Lipinski definition) is 4. The van der Waals surface area contributed by atoms with Gasteiger partial charge in [0.2, 0.25) is 0 Å². The lowest BCUT2D eigenvalue weighted by molar-refractivity contribution is 0.0694. The molecule has 2 aromatic heterocycles. The van der Waals surface area contributed by atoms with Crippen LogP contribution in [0.1, 0.15) is 66.2 Å². The van der Waals surface area contributed by atoms with Gasteiger partial charge in [-0.2, -0.15) is 5.10 Å². The quantitative estimate of drug-likeness (QED) is 0.801. The van der Waals surface area contributed by atoms with Gasteiger partial charge in [0.15, 0.2) is 0 Å². The largest absolute Gasteiger partial charge is 0.338 e. The first-order valence-electron chi connectivity index (χ1n) is 9.67. The van der Waals surface area contributed by atoms with Crippen molar-refractivity contribution >= 4 is 17.2 Å². The number of nitrogens with zero attached hydrogens (tertiary/aromatic N) is 4. The molecule has 1 saturated heterocycles. The number of aryl methyl sites for hydroxylation is 1. The zero-order valence-electron chi connectivity index (χ0n) is 15.9. The van der Waals surface area contributed by atoms with E-state index in [2.05, 4.69) is 36.9 Å². The summed E-state index contributed by atoms with van der Waals surface area (Å²) >= 11 is 1.73. The lowest BCUT2D eigenvalue weighted by Crippen LogP contribution is -2.38. The molecule has 1 atom stereocenters. The van der Waals surface area contributed by atoms with Gasteiger partial charge in [-0.25, -0.2) is 9.67 Å². The maximum atomic E-state index is 13.0. The van der Waals surface area contributed by atoms with Gasteiger partial charge in [-0.05, 0) is 55.1 Å². The maximum Gasteiger partial charge on any atom is 0.263 e. The average molecular weight is 373 g/mol. The Bertz CT molecular complexity index is 766. The third-order valence-corrected chi connectivity index (χ3v) is 7.31. The lowest BCUT2D eigenvalue weighted by atomic mass is 9.72. The third-order valence-electron chi connectivity index (χ3n) is 6.08. The molecular weight excluding hydrogens is 344 g/mol. The van der Waals surface area contributed by atoms with Gasteiger partial charge in [0, 0.05) is 18.0 Å². The van der Waals surface area contributed by atoms with E-state index in [-0.39, 0.29) is 5.91 Å². The first kappa shape index (κ1) is 17.7. The van der Waals surface area contributed by atoms with Crippen LogP contribution in [-0.2, 0) is 12.8 Å². The summed E-state index contributed by atoms with van der Waals surface area (Å²) in [5, 5.41) is 4.24. The molecule has 2 aromatic rings. The van der Waals surface area contributed by atoms with Crippen molar-refractivity contribution in [3.63, 3.8) is 0 Å². The normalized spacial score (nSPS) is 21.7. The van der Waals surface area contributed by atoms with Crippen molar-refractivity contribution in [2.45, 2.75) is 58.9 Å². The summed E-state index contributed by atoms with van der Waals surface area (Å²) in [6.45, 7) is 8.61. The van der Waals surface area contributed by atoms with Gasteiger partial charge in [0.25, 0.3) is 5.91 Å². The van der Waals surface area contributed by atoms with Gasteiger partial charge in [0.05, 0.1) is 10.9 Å². The Labute approximate surface area is 159 Å². The molecule has 0 aromatic carbocycles. The first-order chi connectivity index (χ1) is 12.4. The Morgan fingerprint density at radius 1 is 1.23 bits per heavy atom. The molecule has 140 valence electrons. The molecule has 6 heteroatoms. The fourth-order valence-electron chi connectivity index (χ4n) is 4.26. The highest BCUT2D eigenvalue weighted by Crippen LogP contribution is 2.40. The van der Waals surface area contributed by atoms with E-state index in [0.29, 0.717) is 17.4 Å². The van der Waals surface area contributed by atoms with Crippen LogP contribution in [0.5, 0.6) is 0 Å². The second-order valence-corrected chi connectivity index (χ2v) is 9.90. The molecule has 1 aliphatic heterocycles. The predicted octanol–water partition coefficient (Wildman–Crippen LogP) is 3.97. The maximum absolute atomic E-state index is 13.0. The SMILES string of the molecule is CC(C)(C)C1CCc2sc(C(=O)N3CCC(n4cncn4)CC3)cc2C1. The Morgan fingerprint density at radius 2 is 2.00 bits per heavy atom. The van der Waals surface area contributed by atoms with Crippen LogP contribution < -0.4 is 0 Å². The summed E-state index contributed by atoms with van der Waals surface area (Å²) in [4.78, 5) is 21.4. The highest BCUT2D eigenvalue weighted by molar-refractivity contribution is 7.14. The summed E-state index contributed by atoms with van der Waals surface area (Å²) in [6, 6.07) is 2.55.